The quantitative estimate of drug-likeness (QED) is 0.197. The molecule has 1 unspecified atom stereocenters. The van der Waals surface area contributed by atoms with Gasteiger partial charge in [0.2, 0.25) is 0 Å². The Morgan fingerprint density at radius 3 is 1.86 bits per heavy atom. The van der Waals surface area contributed by atoms with Crippen molar-refractivity contribution in [1.29, 1.82) is 0 Å². The van der Waals surface area contributed by atoms with Crippen LogP contribution in [0, 0.1) is 0 Å². The second-order valence-corrected chi connectivity index (χ2v) is 5.17. The summed E-state index contributed by atoms with van der Waals surface area (Å²) in [6, 6.07) is -0.851. The summed E-state index contributed by atoms with van der Waals surface area (Å²) in [7, 11) is -9.78. The van der Waals surface area contributed by atoms with Gasteiger partial charge in [0.1, 0.15) is 6.04 Å². The molecule has 0 aromatic carbocycles. The van der Waals surface area contributed by atoms with Crippen LogP contribution in [-0.2, 0) is 20.3 Å². The van der Waals surface area contributed by atoms with Crippen molar-refractivity contribution in [3.8, 4) is 0 Å². The van der Waals surface area contributed by atoms with Crippen LogP contribution in [-0.4, -0.2) is 69.7 Å². The molecule has 0 aliphatic heterocycles. The van der Waals surface area contributed by atoms with Crippen LogP contribution in [0.4, 0.5) is 0 Å². The van der Waals surface area contributed by atoms with Crippen molar-refractivity contribution < 1.29 is 48.4 Å². The number of carboxylic acids is 1. The van der Waals surface area contributed by atoms with Crippen LogP contribution in [0.25, 0.3) is 0 Å². The molecule has 124 valence electrons. The topological polar surface area (TPSA) is 253 Å². The molecule has 0 bridgehead atoms. The molecule has 0 aliphatic rings. The smallest absolute Gasteiger partial charge is 0.756 e. The zero-order valence-corrected chi connectivity index (χ0v) is 14.0. The number of aliphatic carboxylic acids is 1. The van der Waals surface area contributed by atoms with Gasteiger partial charge in [-0.05, 0) is 0 Å². The molecule has 16 heteroatoms. The fourth-order valence-corrected chi connectivity index (χ4v) is 0.721. The standard InChI is InChI=1S/C6H9N3O2.Mg.2H3O4P/c7-5(6(10)11)1-4-2-8-3-9-4;;2*1-5(2,3)4/h2-3,5H,1,7H2,(H,8,9)(H,10,11);;2*(H3,1,2,3,4)/q;+2;;/p-2. The maximum Gasteiger partial charge on any atom is 2.00 e. The van der Waals surface area contributed by atoms with E-state index in [1.54, 1.807) is 6.20 Å². The Balaban J connectivity index is -0.000000279. The minimum Gasteiger partial charge on any atom is -0.756 e. The van der Waals surface area contributed by atoms with Crippen LogP contribution in [0.5, 0.6) is 0 Å². The molecule has 1 aromatic heterocycles. The van der Waals surface area contributed by atoms with Gasteiger partial charge >= 0.3 is 29.0 Å². The van der Waals surface area contributed by atoms with Crippen LogP contribution in [0.3, 0.4) is 0 Å². The molecule has 13 nitrogen and oxygen atoms in total. The van der Waals surface area contributed by atoms with Gasteiger partial charge in [0.05, 0.1) is 6.33 Å². The molecule has 0 aliphatic carbocycles. The van der Waals surface area contributed by atoms with Crippen molar-refractivity contribution >= 4 is 44.7 Å². The molecule has 0 saturated carbocycles. The Morgan fingerprint density at radius 1 is 1.27 bits per heavy atom. The number of hydrogen-bond acceptors (Lipinski definition) is 7. The molecule has 0 amide bonds. The first-order valence-corrected chi connectivity index (χ1v) is 7.75. The third-order valence-corrected chi connectivity index (χ3v) is 1.31. The predicted molar refractivity (Wildman–Crippen MR) is 67.7 cm³/mol. The SMILES string of the molecule is NC(Cc1cnc[nH]1)C(=O)O.O=P([O-])(O)O.O=P([O-])(O)O.[Mg+2]. The van der Waals surface area contributed by atoms with E-state index >= 15 is 0 Å². The molecule has 8 N–H and O–H groups in total. The number of nitrogens with two attached hydrogens (primary N) is 1. The summed E-state index contributed by atoms with van der Waals surface area (Å²) in [6.07, 6.45) is 3.34. The van der Waals surface area contributed by atoms with Crippen molar-refractivity contribution in [3.05, 3.63) is 18.2 Å². The number of aromatic nitrogens is 2. The van der Waals surface area contributed by atoms with Gasteiger partial charge in [-0.1, -0.05) is 0 Å². The summed E-state index contributed by atoms with van der Waals surface area (Å²) in [6.45, 7) is 0. The Labute approximate surface area is 139 Å². The number of rotatable bonds is 3. The fraction of sp³-hybridized carbons (Fsp3) is 0.333. The zero-order valence-electron chi connectivity index (χ0n) is 10.8. The van der Waals surface area contributed by atoms with Crippen molar-refractivity contribution in [2.75, 3.05) is 0 Å². The van der Waals surface area contributed by atoms with E-state index in [9.17, 15) is 4.79 Å². The number of carbonyl (C=O) groups is 1. The fourth-order valence-electron chi connectivity index (χ4n) is 0.721. The minimum atomic E-state index is -4.89. The second kappa shape index (κ2) is 12.1. The van der Waals surface area contributed by atoms with E-state index in [0.717, 1.165) is 5.69 Å². The van der Waals surface area contributed by atoms with E-state index < -0.39 is 27.7 Å². The van der Waals surface area contributed by atoms with E-state index in [1.165, 1.54) is 6.33 Å². The van der Waals surface area contributed by atoms with Gasteiger partial charge < -0.3 is 45.2 Å². The zero-order chi connectivity index (χ0) is 17.3. The van der Waals surface area contributed by atoms with Gasteiger partial charge in [0, 0.05) is 18.3 Å². The molecule has 1 rings (SSSR count). The van der Waals surface area contributed by atoms with E-state index in [2.05, 4.69) is 9.97 Å². The van der Waals surface area contributed by atoms with Crippen molar-refractivity contribution in [2.24, 2.45) is 5.73 Å². The Bertz CT molecular complexity index is 462. The van der Waals surface area contributed by atoms with E-state index in [0.29, 0.717) is 0 Å². The molecule has 0 saturated heterocycles. The Hall–Kier alpha value is -0.374. The van der Waals surface area contributed by atoms with Crippen LogP contribution in [0.2, 0.25) is 0 Å². The second-order valence-electron chi connectivity index (χ2n) is 3.21. The summed E-state index contributed by atoms with van der Waals surface area (Å²) in [5, 5.41) is 8.42. The molecule has 0 radical (unpaired) electrons. The Morgan fingerprint density at radius 2 is 1.64 bits per heavy atom. The first-order valence-electron chi connectivity index (χ1n) is 4.69. The van der Waals surface area contributed by atoms with Crippen molar-refractivity contribution in [3.63, 3.8) is 0 Å². The van der Waals surface area contributed by atoms with Gasteiger partial charge in [0.15, 0.2) is 0 Å². The van der Waals surface area contributed by atoms with Gasteiger partial charge in [-0.15, -0.1) is 0 Å². The summed E-state index contributed by atoms with van der Waals surface area (Å²) < 4.78 is 17.5. The van der Waals surface area contributed by atoms with E-state index in [1.807, 2.05) is 0 Å². The molecular weight excluding hydrogens is 360 g/mol. The molecule has 22 heavy (non-hydrogen) atoms. The van der Waals surface area contributed by atoms with Crippen LogP contribution in [0.15, 0.2) is 12.5 Å². The van der Waals surface area contributed by atoms with Gasteiger partial charge in [-0.2, -0.15) is 0 Å². The summed E-state index contributed by atoms with van der Waals surface area (Å²) in [4.78, 5) is 62.6. The number of nitrogens with zero attached hydrogens (tertiary/aromatic N) is 1. The number of phosphoric acid groups is 2. The normalized spacial score (nSPS) is 11.8. The van der Waals surface area contributed by atoms with E-state index in [4.69, 9.17) is 49.3 Å². The maximum absolute atomic E-state index is 10.3. The molecule has 0 fully saturated rings. The molecule has 1 atom stereocenters. The molecule has 0 spiro atoms. The van der Waals surface area contributed by atoms with E-state index in [-0.39, 0.29) is 29.5 Å². The minimum absolute atomic E-state index is 0. The number of carboxylic acid groups (broad SMARTS) is 1. The largest absolute Gasteiger partial charge is 2.00 e. The van der Waals surface area contributed by atoms with Crippen LogP contribution in [0.1, 0.15) is 5.69 Å². The first-order chi connectivity index (χ1) is 9.20. The number of H-pyrrole nitrogens is 1. The van der Waals surface area contributed by atoms with Gasteiger partial charge in [-0.25, -0.2) is 4.98 Å². The Kier molecular flexibility index (Phi) is 14.6. The molecule has 1 heterocycles. The molecular formula is C6H13MgN3O10P2. The van der Waals surface area contributed by atoms with Crippen LogP contribution < -0.4 is 15.5 Å². The number of imidazole rings is 1. The average molecular weight is 373 g/mol. The molecule has 1 aromatic rings. The first kappa shape index (κ1) is 26.5. The van der Waals surface area contributed by atoms with Crippen molar-refractivity contribution in [1.82, 2.24) is 9.97 Å². The summed E-state index contributed by atoms with van der Waals surface area (Å²) >= 11 is 0. The number of aromatic amines is 1. The summed E-state index contributed by atoms with van der Waals surface area (Å²) in [5.74, 6) is -1.00. The monoisotopic (exact) mass is 373 g/mol. The third-order valence-electron chi connectivity index (χ3n) is 1.31. The average Bonchev–Trinajstić information content (AvgIpc) is 2.64. The number of nitrogens with one attached hydrogen (secondary N) is 1. The third kappa shape index (κ3) is 31.8. The van der Waals surface area contributed by atoms with Gasteiger partial charge in [0.25, 0.3) is 15.6 Å². The maximum atomic E-state index is 10.3. The predicted octanol–water partition coefficient (Wildman–Crippen LogP) is -4.14. The van der Waals surface area contributed by atoms with Gasteiger partial charge in [-0.3, -0.25) is 13.9 Å². The number of hydrogen-bond donors (Lipinski definition) is 7. The van der Waals surface area contributed by atoms with Crippen molar-refractivity contribution in [2.45, 2.75) is 12.5 Å². The summed E-state index contributed by atoms with van der Waals surface area (Å²) in [5.41, 5.74) is 6.00. The van der Waals surface area contributed by atoms with Crippen LogP contribution >= 0.6 is 15.6 Å².